The Labute approximate surface area is 103 Å². The second kappa shape index (κ2) is 6.23. The van der Waals surface area contributed by atoms with Gasteiger partial charge in [-0.05, 0) is 19.1 Å². The number of halogens is 3. The molecule has 0 aromatic carbocycles. The zero-order valence-electron chi connectivity index (χ0n) is 9.84. The Morgan fingerprint density at radius 3 is 2.78 bits per heavy atom. The summed E-state index contributed by atoms with van der Waals surface area (Å²) in [7, 11) is 0. The van der Waals surface area contributed by atoms with E-state index in [0.29, 0.717) is 6.54 Å². The maximum atomic E-state index is 12.6. The van der Waals surface area contributed by atoms with Crippen LogP contribution in [0.3, 0.4) is 0 Å². The quantitative estimate of drug-likeness (QED) is 0.852. The minimum atomic E-state index is -4.46. The lowest BCUT2D eigenvalue weighted by molar-refractivity contribution is -0.137. The van der Waals surface area contributed by atoms with Gasteiger partial charge in [0.15, 0.2) is 0 Å². The lowest BCUT2D eigenvalue weighted by Gasteiger charge is -2.12. The molecule has 0 spiro atoms. The molecule has 1 amide bonds. The molecule has 1 aromatic heterocycles. The fourth-order valence-corrected chi connectivity index (χ4v) is 1.35. The molecule has 0 atom stereocenters. The van der Waals surface area contributed by atoms with E-state index in [4.69, 9.17) is 0 Å². The Hall–Kier alpha value is -1.79. The van der Waals surface area contributed by atoms with Crippen molar-refractivity contribution in [3.05, 3.63) is 23.9 Å². The second-order valence-corrected chi connectivity index (χ2v) is 3.53. The summed E-state index contributed by atoms with van der Waals surface area (Å²) in [5.41, 5.74) is -0.833. The summed E-state index contributed by atoms with van der Waals surface area (Å²) in [5, 5.41) is 5.07. The first-order valence-electron chi connectivity index (χ1n) is 5.48. The van der Waals surface area contributed by atoms with Crippen molar-refractivity contribution in [3.8, 4) is 0 Å². The Kier molecular flexibility index (Phi) is 4.94. The first-order chi connectivity index (χ1) is 8.45. The van der Waals surface area contributed by atoms with Crippen LogP contribution in [-0.4, -0.2) is 24.0 Å². The van der Waals surface area contributed by atoms with Crippen LogP contribution in [0.4, 0.5) is 19.0 Å². The van der Waals surface area contributed by atoms with Crippen LogP contribution in [0, 0.1) is 0 Å². The molecular formula is C11H14F3N3O. The van der Waals surface area contributed by atoms with Crippen LogP contribution < -0.4 is 10.6 Å². The molecule has 1 heterocycles. The Morgan fingerprint density at radius 1 is 1.44 bits per heavy atom. The van der Waals surface area contributed by atoms with Gasteiger partial charge in [0.05, 0.1) is 5.56 Å². The molecule has 1 aromatic rings. The molecule has 0 unspecified atom stereocenters. The first-order valence-corrected chi connectivity index (χ1v) is 5.48. The van der Waals surface area contributed by atoms with Gasteiger partial charge in [-0.3, -0.25) is 4.79 Å². The minimum Gasteiger partial charge on any atom is -0.369 e. The van der Waals surface area contributed by atoms with E-state index in [1.54, 1.807) is 6.92 Å². The topological polar surface area (TPSA) is 54.0 Å². The summed E-state index contributed by atoms with van der Waals surface area (Å²) in [4.78, 5) is 14.7. The van der Waals surface area contributed by atoms with Gasteiger partial charge in [0.2, 0.25) is 5.91 Å². The van der Waals surface area contributed by atoms with E-state index in [-0.39, 0.29) is 24.7 Å². The van der Waals surface area contributed by atoms with Gasteiger partial charge in [-0.15, -0.1) is 0 Å². The standard InChI is InChI=1S/C11H14F3N3O/c1-2-15-9(18)5-7-17-10-8(11(12,13)14)4-3-6-16-10/h3-4,6H,2,5,7H2,1H3,(H,15,18)(H,16,17). The van der Waals surface area contributed by atoms with Crippen LogP contribution in [0.2, 0.25) is 0 Å². The van der Waals surface area contributed by atoms with Gasteiger partial charge in [-0.2, -0.15) is 13.2 Å². The zero-order valence-corrected chi connectivity index (χ0v) is 9.84. The van der Waals surface area contributed by atoms with E-state index in [9.17, 15) is 18.0 Å². The van der Waals surface area contributed by atoms with Gasteiger partial charge in [0, 0.05) is 25.7 Å². The molecule has 0 aliphatic heterocycles. The van der Waals surface area contributed by atoms with Crippen molar-refractivity contribution in [1.82, 2.24) is 10.3 Å². The number of carbonyl (C=O) groups is 1. The highest BCUT2D eigenvalue weighted by molar-refractivity contribution is 5.76. The summed E-state index contributed by atoms with van der Waals surface area (Å²) < 4.78 is 37.8. The van der Waals surface area contributed by atoms with Gasteiger partial charge in [-0.1, -0.05) is 0 Å². The average molecular weight is 261 g/mol. The number of nitrogens with one attached hydrogen (secondary N) is 2. The van der Waals surface area contributed by atoms with E-state index in [1.807, 2.05) is 0 Å². The van der Waals surface area contributed by atoms with Gasteiger partial charge >= 0.3 is 6.18 Å². The number of anilines is 1. The highest BCUT2D eigenvalue weighted by Gasteiger charge is 2.33. The van der Waals surface area contributed by atoms with Crippen molar-refractivity contribution >= 4 is 11.7 Å². The van der Waals surface area contributed by atoms with E-state index in [0.717, 1.165) is 6.07 Å². The van der Waals surface area contributed by atoms with Crippen molar-refractivity contribution in [2.24, 2.45) is 0 Å². The predicted molar refractivity (Wildman–Crippen MR) is 61.0 cm³/mol. The molecule has 2 N–H and O–H groups in total. The molecule has 0 fully saturated rings. The Morgan fingerprint density at radius 2 is 2.17 bits per heavy atom. The molecule has 0 saturated carbocycles. The normalized spacial score (nSPS) is 11.1. The number of carbonyl (C=O) groups excluding carboxylic acids is 1. The molecule has 1 rings (SSSR count). The van der Waals surface area contributed by atoms with Crippen molar-refractivity contribution in [2.45, 2.75) is 19.5 Å². The van der Waals surface area contributed by atoms with Crippen molar-refractivity contribution in [1.29, 1.82) is 0 Å². The number of rotatable bonds is 5. The van der Waals surface area contributed by atoms with Crippen LogP contribution in [-0.2, 0) is 11.0 Å². The lowest BCUT2D eigenvalue weighted by atomic mass is 10.2. The molecule has 7 heteroatoms. The highest BCUT2D eigenvalue weighted by Crippen LogP contribution is 2.33. The number of aromatic nitrogens is 1. The van der Waals surface area contributed by atoms with E-state index >= 15 is 0 Å². The zero-order chi connectivity index (χ0) is 13.6. The largest absolute Gasteiger partial charge is 0.419 e. The van der Waals surface area contributed by atoms with Crippen molar-refractivity contribution in [3.63, 3.8) is 0 Å². The van der Waals surface area contributed by atoms with Crippen LogP contribution in [0.25, 0.3) is 0 Å². The van der Waals surface area contributed by atoms with Gasteiger partial charge in [0.1, 0.15) is 5.82 Å². The maximum Gasteiger partial charge on any atom is 0.419 e. The first kappa shape index (κ1) is 14.3. The fourth-order valence-electron chi connectivity index (χ4n) is 1.35. The van der Waals surface area contributed by atoms with E-state index in [2.05, 4.69) is 15.6 Å². The molecule has 0 aliphatic rings. The number of alkyl halides is 3. The number of hydrogen-bond donors (Lipinski definition) is 2. The highest BCUT2D eigenvalue weighted by atomic mass is 19.4. The lowest BCUT2D eigenvalue weighted by Crippen LogP contribution is -2.25. The molecule has 0 radical (unpaired) electrons. The second-order valence-electron chi connectivity index (χ2n) is 3.53. The summed E-state index contributed by atoms with van der Waals surface area (Å²) in [5.74, 6) is -0.469. The summed E-state index contributed by atoms with van der Waals surface area (Å²) >= 11 is 0. The summed E-state index contributed by atoms with van der Waals surface area (Å²) in [6.45, 7) is 2.37. The molecule has 0 saturated heterocycles. The van der Waals surface area contributed by atoms with Crippen molar-refractivity contribution in [2.75, 3.05) is 18.4 Å². The van der Waals surface area contributed by atoms with E-state index < -0.39 is 11.7 Å². The molecular weight excluding hydrogens is 247 g/mol. The van der Waals surface area contributed by atoms with Crippen LogP contribution in [0.1, 0.15) is 18.9 Å². The fraction of sp³-hybridized carbons (Fsp3) is 0.455. The maximum absolute atomic E-state index is 12.6. The Balaban J connectivity index is 2.60. The molecule has 100 valence electrons. The van der Waals surface area contributed by atoms with Gasteiger partial charge in [0.25, 0.3) is 0 Å². The predicted octanol–water partition coefficient (Wildman–Crippen LogP) is 2.04. The van der Waals surface area contributed by atoms with Crippen LogP contribution in [0.5, 0.6) is 0 Å². The third-order valence-corrected chi connectivity index (χ3v) is 2.13. The summed E-state index contributed by atoms with van der Waals surface area (Å²) in [6.07, 6.45) is -3.09. The number of nitrogens with zero attached hydrogens (tertiary/aromatic N) is 1. The monoisotopic (exact) mass is 261 g/mol. The summed E-state index contributed by atoms with van der Waals surface area (Å²) in [6, 6.07) is 2.17. The average Bonchev–Trinajstić information content (AvgIpc) is 2.28. The minimum absolute atomic E-state index is 0.0989. The molecule has 18 heavy (non-hydrogen) atoms. The van der Waals surface area contributed by atoms with Gasteiger partial charge in [-0.25, -0.2) is 4.98 Å². The molecule has 0 aliphatic carbocycles. The number of pyridine rings is 1. The SMILES string of the molecule is CCNC(=O)CCNc1ncccc1C(F)(F)F. The third kappa shape index (κ3) is 4.23. The molecule has 0 bridgehead atoms. The van der Waals surface area contributed by atoms with Crippen molar-refractivity contribution < 1.29 is 18.0 Å². The molecule has 4 nitrogen and oxygen atoms in total. The smallest absolute Gasteiger partial charge is 0.369 e. The van der Waals surface area contributed by atoms with E-state index in [1.165, 1.54) is 12.3 Å². The van der Waals surface area contributed by atoms with Gasteiger partial charge < -0.3 is 10.6 Å². The number of hydrogen-bond acceptors (Lipinski definition) is 3. The Bertz CT molecular complexity index is 407. The van der Waals surface area contributed by atoms with Crippen LogP contribution >= 0.6 is 0 Å². The van der Waals surface area contributed by atoms with Crippen LogP contribution in [0.15, 0.2) is 18.3 Å². The third-order valence-electron chi connectivity index (χ3n) is 2.13. The number of amides is 1.